The third-order valence-electron chi connectivity index (χ3n) is 2.67. The van der Waals surface area contributed by atoms with Crippen LogP contribution in [0.3, 0.4) is 0 Å². The van der Waals surface area contributed by atoms with E-state index in [-0.39, 0.29) is 0 Å². The lowest BCUT2D eigenvalue weighted by Crippen LogP contribution is -1.89. The van der Waals surface area contributed by atoms with Crippen LogP contribution in [0, 0.1) is 11.3 Å². The monoisotopic (exact) mass is 249 g/mol. The zero-order chi connectivity index (χ0) is 13.7. The second kappa shape index (κ2) is 5.65. The van der Waals surface area contributed by atoms with Crippen LogP contribution in [-0.4, -0.2) is 11.1 Å². The van der Waals surface area contributed by atoms with Gasteiger partial charge in [0, 0.05) is 6.08 Å². The van der Waals surface area contributed by atoms with Gasteiger partial charge in [-0.1, -0.05) is 36.4 Å². The predicted octanol–water partition coefficient (Wildman–Crippen LogP) is 3.32. The molecular formula is C16H11NO2. The van der Waals surface area contributed by atoms with Gasteiger partial charge < -0.3 is 5.11 Å². The summed E-state index contributed by atoms with van der Waals surface area (Å²) in [6, 6.07) is 16.9. The fourth-order valence-electron chi connectivity index (χ4n) is 1.81. The molecule has 19 heavy (non-hydrogen) atoms. The molecule has 2 aromatic rings. The molecule has 1 N–H and O–H groups in total. The highest BCUT2D eigenvalue weighted by Gasteiger charge is 2.04. The maximum Gasteiger partial charge on any atom is 0.328 e. The van der Waals surface area contributed by atoms with E-state index >= 15 is 0 Å². The van der Waals surface area contributed by atoms with Crippen LogP contribution in [0.25, 0.3) is 17.2 Å². The number of aliphatic carboxylic acids is 1. The Morgan fingerprint density at radius 3 is 2.53 bits per heavy atom. The fraction of sp³-hybridized carbons (Fsp3) is 0. The van der Waals surface area contributed by atoms with Crippen molar-refractivity contribution in [1.82, 2.24) is 0 Å². The SMILES string of the molecule is N#Cc1ccc(-c2ccccc2)c(/C=C/C(=O)O)c1. The van der Waals surface area contributed by atoms with Crippen LogP contribution in [-0.2, 0) is 4.79 Å². The van der Waals surface area contributed by atoms with Gasteiger partial charge in [-0.05, 0) is 34.9 Å². The molecular weight excluding hydrogens is 238 g/mol. The van der Waals surface area contributed by atoms with Crippen molar-refractivity contribution in [3.63, 3.8) is 0 Å². The highest BCUT2D eigenvalue weighted by Crippen LogP contribution is 2.25. The number of carboxylic acids is 1. The first-order chi connectivity index (χ1) is 9.20. The Hall–Kier alpha value is -2.86. The Labute approximate surface area is 111 Å². The molecule has 0 unspecified atom stereocenters. The minimum Gasteiger partial charge on any atom is -0.478 e. The van der Waals surface area contributed by atoms with Crippen LogP contribution in [0.1, 0.15) is 11.1 Å². The van der Waals surface area contributed by atoms with Crippen LogP contribution in [0.15, 0.2) is 54.6 Å². The Kier molecular flexibility index (Phi) is 3.75. The summed E-state index contributed by atoms with van der Waals surface area (Å²) in [6.45, 7) is 0. The van der Waals surface area contributed by atoms with Crippen molar-refractivity contribution in [2.24, 2.45) is 0 Å². The average Bonchev–Trinajstić information content (AvgIpc) is 2.45. The summed E-state index contributed by atoms with van der Waals surface area (Å²) in [5.74, 6) is -1.01. The van der Waals surface area contributed by atoms with Gasteiger partial charge in [0.05, 0.1) is 11.6 Å². The Bertz CT molecular complexity index is 667. The first-order valence-corrected chi connectivity index (χ1v) is 5.71. The van der Waals surface area contributed by atoms with E-state index in [1.54, 1.807) is 12.1 Å². The summed E-state index contributed by atoms with van der Waals surface area (Å²) < 4.78 is 0. The molecule has 0 aliphatic heterocycles. The molecule has 0 aromatic heterocycles. The van der Waals surface area contributed by atoms with E-state index < -0.39 is 5.97 Å². The van der Waals surface area contributed by atoms with Gasteiger partial charge >= 0.3 is 5.97 Å². The second-order valence-corrected chi connectivity index (χ2v) is 3.95. The quantitative estimate of drug-likeness (QED) is 0.849. The van der Waals surface area contributed by atoms with Gasteiger partial charge in [-0.3, -0.25) is 0 Å². The van der Waals surface area contributed by atoms with E-state index in [2.05, 4.69) is 6.07 Å². The lowest BCUT2D eigenvalue weighted by molar-refractivity contribution is -0.131. The van der Waals surface area contributed by atoms with Gasteiger partial charge in [-0.2, -0.15) is 5.26 Å². The number of hydrogen-bond acceptors (Lipinski definition) is 2. The molecule has 0 heterocycles. The number of nitriles is 1. The van der Waals surface area contributed by atoms with E-state index in [9.17, 15) is 4.79 Å². The standard InChI is InChI=1S/C16H11NO2/c17-11-12-6-8-15(13-4-2-1-3-5-13)14(10-12)7-9-16(18)19/h1-10H,(H,18,19)/b9-7+. The third-order valence-corrected chi connectivity index (χ3v) is 2.67. The van der Waals surface area contributed by atoms with Crippen molar-refractivity contribution in [3.05, 3.63) is 65.7 Å². The molecule has 3 heteroatoms. The molecule has 0 saturated heterocycles. The maximum absolute atomic E-state index is 10.6. The summed E-state index contributed by atoms with van der Waals surface area (Å²) in [4.78, 5) is 10.6. The van der Waals surface area contributed by atoms with Crippen LogP contribution < -0.4 is 0 Å². The summed E-state index contributed by atoms with van der Waals surface area (Å²) >= 11 is 0. The van der Waals surface area contributed by atoms with Crippen molar-refractivity contribution in [2.75, 3.05) is 0 Å². The first-order valence-electron chi connectivity index (χ1n) is 5.71. The second-order valence-electron chi connectivity index (χ2n) is 3.95. The Morgan fingerprint density at radius 2 is 1.89 bits per heavy atom. The van der Waals surface area contributed by atoms with E-state index in [1.165, 1.54) is 6.08 Å². The number of rotatable bonds is 3. The number of benzene rings is 2. The molecule has 2 rings (SSSR count). The largest absolute Gasteiger partial charge is 0.478 e. The van der Waals surface area contributed by atoms with Crippen molar-refractivity contribution in [2.45, 2.75) is 0 Å². The van der Waals surface area contributed by atoms with E-state index in [4.69, 9.17) is 10.4 Å². The van der Waals surface area contributed by atoms with Gasteiger partial charge in [0.15, 0.2) is 0 Å². The fourth-order valence-corrected chi connectivity index (χ4v) is 1.81. The topological polar surface area (TPSA) is 61.1 Å². The predicted molar refractivity (Wildman–Crippen MR) is 73.3 cm³/mol. The molecule has 0 aliphatic rings. The summed E-state index contributed by atoms with van der Waals surface area (Å²) in [6.07, 6.45) is 2.58. The third kappa shape index (κ3) is 3.08. The zero-order valence-corrected chi connectivity index (χ0v) is 10.1. The van der Waals surface area contributed by atoms with Crippen molar-refractivity contribution < 1.29 is 9.90 Å². The smallest absolute Gasteiger partial charge is 0.328 e. The maximum atomic E-state index is 10.6. The number of carbonyl (C=O) groups is 1. The average molecular weight is 249 g/mol. The number of hydrogen-bond donors (Lipinski definition) is 1. The number of nitrogens with zero attached hydrogens (tertiary/aromatic N) is 1. The number of carboxylic acid groups (broad SMARTS) is 1. The molecule has 0 saturated carbocycles. The van der Waals surface area contributed by atoms with E-state index in [1.807, 2.05) is 36.4 Å². The molecule has 2 aromatic carbocycles. The lowest BCUT2D eigenvalue weighted by atomic mass is 9.97. The van der Waals surface area contributed by atoms with Crippen LogP contribution in [0.5, 0.6) is 0 Å². The van der Waals surface area contributed by atoms with E-state index in [0.29, 0.717) is 11.1 Å². The minimum absolute atomic E-state index is 0.504. The molecule has 0 fully saturated rings. The summed E-state index contributed by atoms with van der Waals surface area (Å²) in [7, 11) is 0. The van der Waals surface area contributed by atoms with Gasteiger partial charge in [0.2, 0.25) is 0 Å². The molecule has 3 nitrogen and oxygen atoms in total. The minimum atomic E-state index is -1.01. The molecule has 0 bridgehead atoms. The normalized spacial score (nSPS) is 10.3. The lowest BCUT2D eigenvalue weighted by Gasteiger charge is -2.06. The van der Waals surface area contributed by atoms with Crippen molar-refractivity contribution in [3.8, 4) is 17.2 Å². The summed E-state index contributed by atoms with van der Waals surface area (Å²) in [5.41, 5.74) is 3.10. The molecule has 0 amide bonds. The van der Waals surface area contributed by atoms with Gasteiger partial charge in [-0.15, -0.1) is 0 Å². The highest BCUT2D eigenvalue weighted by atomic mass is 16.4. The molecule has 0 atom stereocenters. The molecule has 0 radical (unpaired) electrons. The molecule has 0 aliphatic carbocycles. The molecule has 0 spiro atoms. The van der Waals surface area contributed by atoms with Gasteiger partial charge in [0.1, 0.15) is 0 Å². The highest BCUT2D eigenvalue weighted by molar-refractivity contribution is 5.88. The van der Waals surface area contributed by atoms with Crippen LogP contribution in [0.4, 0.5) is 0 Å². The van der Waals surface area contributed by atoms with E-state index in [0.717, 1.165) is 17.2 Å². The van der Waals surface area contributed by atoms with Crippen LogP contribution in [0.2, 0.25) is 0 Å². The first kappa shape index (κ1) is 12.6. The Morgan fingerprint density at radius 1 is 1.16 bits per heavy atom. The van der Waals surface area contributed by atoms with Gasteiger partial charge in [0.25, 0.3) is 0 Å². The van der Waals surface area contributed by atoms with Crippen LogP contribution >= 0.6 is 0 Å². The zero-order valence-electron chi connectivity index (χ0n) is 10.1. The molecule has 92 valence electrons. The summed E-state index contributed by atoms with van der Waals surface area (Å²) in [5, 5.41) is 17.6. The van der Waals surface area contributed by atoms with Gasteiger partial charge in [-0.25, -0.2) is 4.79 Å². The van der Waals surface area contributed by atoms with Crippen molar-refractivity contribution >= 4 is 12.0 Å². The van der Waals surface area contributed by atoms with Crippen molar-refractivity contribution in [1.29, 1.82) is 5.26 Å². The Balaban J connectivity index is 2.55.